The largest absolute Gasteiger partial charge is 0.464 e. The van der Waals surface area contributed by atoms with Crippen molar-refractivity contribution in [3.8, 4) is 22.3 Å². The third-order valence-electron chi connectivity index (χ3n) is 13.7. The van der Waals surface area contributed by atoms with E-state index in [9.17, 15) is 0 Å². The van der Waals surface area contributed by atoms with Crippen molar-refractivity contribution < 1.29 is 8.83 Å². The lowest BCUT2D eigenvalue weighted by atomic mass is 9.39. The van der Waals surface area contributed by atoms with Crippen molar-refractivity contribution in [2.45, 2.75) is 52.4 Å². The maximum atomic E-state index is 6.11. The molecule has 0 fully saturated rings. The minimum absolute atomic E-state index is 0.0120. The SMILES string of the molecule is CC(C)(C)c1ccc2sc3c(c2c1)N(c1cccc(-c2coc4ccccc24)c1)c1cccc2c1B3c1sc3ccc(C(C)(C)C)cc3c1N2c1cccc(-c2coc3ccccc23)c1. The van der Waals surface area contributed by atoms with Crippen LogP contribution in [0.25, 0.3) is 64.4 Å². The molecular formula is C58H45BN2O2S2. The first-order valence-electron chi connectivity index (χ1n) is 22.5. The maximum Gasteiger partial charge on any atom is 0.277 e. The molecule has 7 aromatic carbocycles. The van der Waals surface area contributed by atoms with Gasteiger partial charge < -0.3 is 18.6 Å². The molecule has 2 aliphatic rings. The highest BCUT2D eigenvalue weighted by atomic mass is 32.1. The van der Waals surface area contributed by atoms with E-state index >= 15 is 0 Å². The van der Waals surface area contributed by atoms with E-state index in [4.69, 9.17) is 8.83 Å². The fourth-order valence-corrected chi connectivity index (χ4v) is 13.1. The topological polar surface area (TPSA) is 32.8 Å². The van der Waals surface area contributed by atoms with E-state index in [1.165, 1.54) is 69.1 Å². The second-order valence-corrected chi connectivity index (χ2v) is 21.9. The van der Waals surface area contributed by atoms with Crippen LogP contribution in [0.2, 0.25) is 0 Å². The summed E-state index contributed by atoms with van der Waals surface area (Å²) >= 11 is 3.92. The Bertz CT molecular complexity index is 3500. The molecule has 2 aliphatic heterocycles. The molecule has 6 heterocycles. The number of furan rings is 2. The van der Waals surface area contributed by atoms with E-state index < -0.39 is 0 Å². The zero-order valence-electron chi connectivity index (χ0n) is 37.2. The van der Waals surface area contributed by atoms with Crippen molar-refractivity contribution in [2.24, 2.45) is 0 Å². The molecule has 0 amide bonds. The standard InChI is InChI=1S/C58H45BN2O2S2/c1-57(2,3)36-24-26-50-42(30-36)53-55(64-50)59-52-46(60(53)38-16-11-14-34(28-38)44-32-62-48-22-9-7-18-40(44)48)20-13-21-47(52)61(54-43-31-37(58(4,5)6)25-27-51(43)65-56(54)59)39-17-12-15-35(29-39)45-33-63-49-23-10-8-19-41(45)49/h7-33H,1-6H3. The van der Waals surface area contributed by atoms with Gasteiger partial charge in [0.05, 0.1) is 23.9 Å². The van der Waals surface area contributed by atoms with Crippen LogP contribution in [-0.4, -0.2) is 6.71 Å². The predicted molar refractivity (Wildman–Crippen MR) is 279 cm³/mol. The summed E-state index contributed by atoms with van der Waals surface area (Å²) in [5.74, 6) is 0. The van der Waals surface area contributed by atoms with Crippen LogP contribution in [0.4, 0.5) is 34.1 Å². The number of benzene rings is 7. The molecule has 0 N–H and O–H groups in total. The molecule has 11 aromatic rings. The van der Waals surface area contributed by atoms with Crippen LogP contribution < -0.4 is 24.8 Å². The Morgan fingerprint density at radius 3 is 1.35 bits per heavy atom. The average Bonchev–Trinajstić information content (AvgIpc) is 4.11. The van der Waals surface area contributed by atoms with Gasteiger partial charge in [-0.3, -0.25) is 0 Å². The first-order chi connectivity index (χ1) is 31.5. The lowest BCUT2D eigenvalue weighted by Crippen LogP contribution is -2.59. The molecule has 0 saturated heterocycles. The number of thiophene rings is 2. The summed E-state index contributed by atoms with van der Waals surface area (Å²) < 4.78 is 17.6. The minimum Gasteiger partial charge on any atom is -0.464 e. The van der Waals surface area contributed by atoms with Crippen LogP contribution in [0, 0.1) is 0 Å². The lowest BCUT2D eigenvalue weighted by molar-refractivity contribution is 0.591. The second kappa shape index (κ2) is 13.9. The van der Waals surface area contributed by atoms with Crippen LogP contribution in [0.5, 0.6) is 0 Å². The van der Waals surface area contributed by atoms with Crippen LogP contribution >= 0.6 is 22.7 Å². The van der Waals surface area contributed by atoms with Gasteiger partial charge in [-0.1, -0.05) is 120 Å². The summed E-state index contributed by atoms with van der Waals surface area (Å²) in [4.78, 5) is 5.15. The van der Waals surface area contributed by atoms with Gasteiger partial charge in [0.2, 0.25) is 0 Å². The molecule has 0 saturated carbocycles. The smallest absolute Gasteiger partial charge is 0.277 e. The highest BCUT2D eigenvalue weighted by molar-refractivity contribution is 7.40. The van der Waals surface area contributed by atoms with Gasteiger partial charge in [0, 0.05) is 74.4 Å². The number of anilines is 6. The molecule has 4 aromatic heterocycles. The molecule has 0 spiro atoms. The van der Waals surface area contributed by atoms with Gasteiger partial charge in [0.1, 0.15) is 11.2 Å². The number of hydrogen-bond acceptors (Lipinski definition) is 6. The van der Waals surface area contributed by atoms with Crippen molar-refractivity contribution in [1.29, 1.82) is 0 Å². The van der Waals surface area contributed by atoms with Gasteiger partial charge in [-0.15, -0.1) is 22.7 Å². The highest BCUT2D eigenvalue weighted by Crippen LogP contribution is 2.52. The Morgan fingerprint density at radius 2 is 0.892 bits per heavy atom. The number of fused-ring (bicyclic) bond motifs is 10. The van der Waals surface area contributed by atoms with Crippen molar-refractivity contribution in [3.05, 3.63) is 175 Å². The Labute approximate surface area is 387 Å². The molecule has 4 nitrogen and oxygen atoms in total. The molecule has 7 heteroatoms. The quantitative estimate of drug-likeness (QED) is 0.165. The molecular weight excluding hydrogens is 832 g/mol. The van der Waals surface area contributed by atoms with Crippen molar-refractivity contribution in [1.82, 2.24) is 0 Å². The van der Waals surface area contributed by atoms with Gasteiger partial charge in [0.25, 0.3) is 6.71 Å². The van der Waals surface area contributed by atoms with Crippen LogP contribution in [0.3, 0.4) is 0 Å². The Kier molecular flexibility index (Phi) is 8.24. The third-order valence-corrected chi connectivity index (χ3v) is 16.2. The zero-order chi connectivity index (χ0) is 43.9. The molecule has 0 radical (unpaired) electrons. The van der Waals surface area contributed by atoms with E-state index in [-0.39, 0.29) is 17.5 Å². The summed E-state index contributed by atoms with van der Waals surface area (Å²) in [7, 11) is 0. The average molecular weight is 877 g/mol. The fraction of sp³-hybridized carbons (Fsp3) is 0.138. The maximum absolute atomic E-state index is 6.11. The van der Waals surface area contributed by atoms with E-state index in [0.29, 0.717) is 0 Å². The summed E-state index contributed by atoms with van der Waals surface area (Å²) in [6, 6.07) is 56.1. The predicted octanol–water partition coefficient (Wildman–Crippen LogP) is 15.6. The normalized spacial score (nSPS) is 13.6. The van der Waals surface area contributed by atoms with Gasteiger partial charge in [-0.05, 0) is 111 Å². The van der Waals surface area contributed by atoms with Crippen LogP contribution in [-0.2, 0) is 10.8 Å². The number of para-hydroxylation sites is 2. The zero-order valence-corrected chi connectivity index (χ0v) is 38.8. The van der Waals surface area contributed by atoms with E-state index in [1.54, 1.807) is 0 Å². The Hall–Kier alpha value is -6.80. The molecule has 0 bridgehead atoms. The van der Waals surface area contributed by atoms with E-state index in [0.717, 1.165) is 55.6 Å². The molecule has 0 unspecified atom stereocenters. The molecule has 13 rings (SSSR count). The second-order valence-electron chi connectivity index (χ2n) is 19.8. The first-order valence-corrected chi connectivity index (χ1v) is 24.1. The number of nitrogens with zero attached hydrogens (tertiary/aromatic N) is 2. The molecule has 65 heavy (non-hydrogen) atoms. The van der Waals surface area contributed by atoms with Gasteiger partial charge >= 0.3 is 0 Å². The molecule has 0 aliphatic carbocycles. The first kappa shape index (κ1) is 38.6. The van der Waals surface area contributed by atoms with E-state index in [1.807, 2.05) is 59.5 Å². The van der Waals surface area contributed by atoms with Gasteiger partial charge in [-0.25, -0.2) is 0 Å². The summed E-state index contributed by atoms with van der Waals surface area (Å²) in [5, 5.41) is 4.83. The summed E-state index contributed by atoms with van der Waals surface area (Å²) in [5.41, 5.74) is 17.4. The molecule has 314 valence electrons. The van der Waals surface area contributed by atoms with Crippen LogP contribution in [0.1, 0.15) is 52.7 Å². The van der Waals surface area contributed by atoms with Crippen molar-refractivity contribution in [3.63, 3.8) is 0 Å². The van der Waals surface area contributed by atoms with Crippen molar-refractivity contribution in [2.75, 3.05) is 9.80 Å². The minimum atomic E-state index is -0.0120. The monoisotopic (exact) mass is 876 g/mol. The molecule has 0 atom stereocenters. The van der Waals surface area contributed by atoms with Gasteiger partial charge in [-0.2, -0.15) is 0 Å². The Balaban J connectivity index is 1.10. The van der Waals surface area contributed by atoms with Gasteiger partial charge in [0.15, 0.2) is 0 Å². The number of rotatable bonds is 4. The fourth-order valence-electron chi connectivity index (χ4n) is 10.4. The summed E-state index contributed by atoms with van der Waals surface area (Å²) in [6.07, 6.45) is 3.82. The third kappa shape index (κ3) is 5.81. The highest BCUT2D eigenvalue weighted by Gasteiger charge is 2.47. The lowest BCUT2D eigenvalue weighted by Gasteiger charge is -2.42. The van der Waals surface area contributed by atoms with Crippen molar-refractivity contribution >= 4 is 121 Å². The number of hydrogen-bond donors (Lipinski definition) is 0. The summed E-state index contributed by atoms with van der Waals surface area (Å²) in [6.45, 7) is 14.0. The van der Waals surface area contributed by atoms with Crippen LogP contribution in [0.15, 0.2) is 173 Å². The van der Waals surface area contributed by atoms with E-state index in [2.05, 4.69) is 179 Å². The Morgan fingerprint density at radius 1 is 0.446 bits per heavy atom.